The lowest BCUT2D eigenvalue weighted by atomic mass is 10.2. The number of carbonyl (C=O) groups excluding carboxylic acids is 1. The van der Waals surface area contributed by atoms with Crippen LogP contribution in [-0.4, -0.2) is 34.9 Å². The zero-order chi connectivity index (χ0) is 16.4. The van der Waals surface area contributed by atoms with Crippen LogP contribution in [0.2, 0.25) is 0 Å². The first-order chi connectivity index (χ1) is 11.1. The average molecular weight is 349 g/mol. The molecule has 23 heavy (non-hydrogen) atoms. The molecule has 3 rings (SSSR count). The van der Waals surface area contributed by atoms with Gasteiger partial charge in [0.2, 0.25) is 0 Å². The van der Waals surface area contributed by atoms with Gasteiger partial charge in [-0.1, -0.05) is 37.0 Å². The van der Waals surface area contributed by atoms with E-state index in [1.807, 2.05) is 24.3 Å². The Labute approximate surface area is 145 Å². The lowest BCUT2D eigenvalue weighted by Gasteiger charge is -2.12. The van der Waals surface area contributed by atoms with Crippen LogP contribution in [0.15, 0.2) is 23.1 Å². The molecule has 0 spiro atoms. The number of nitrogens with zero attached hydrogens (tertiary/aromatic N) is 1. The van der Waals surface area contributed by atoms with E-state index < -0.39 is 0 Å². The van der Waals surface area contributed by atoms with Gasteiger partial charge in [-0.05, 0) is 43.0 Å². The van der Waals surface area contributed by atoms with Crippen LogP contribution < -0.4 is 9.47 Å². The van der Waals surface area contributed by atoms with Crippen molar-refractivity contribution in [2.45, 2.75) is 32.2 Å². The monoisotopic (exact) mass is 349 g/mol. The third-order valence-corrected chi connectivity index (χ3v) is 5.01. The molecule has 1 aliphatic carbocycles. The summed E-state index contributed by atoms with van der Waals surface area (Å²) in [5, 5.41) is 0. The van der Waals surface area contributed by atoms with E-state index >= 15 is 0 Å². The molecule has 1 aliphatic heterocycles. The van der Waals surface area contributed by atoms with Crippen molar-refractivity contribution < 1.29 is 14.3 Å². The van der Waals surface area contributed by atoms with Crippen molar-refractivity contribution in [3.8, 4) is 11.5 Å². The van der Waals surface area contributed by atoms with Gasteiger partial charge in [0.1, 0.15) is 4.32 Å². The van der Waals surface area contributed by atoms with Gasteiger partial charge in [0.05, 0.1) is 18.6 Å². The van der Waals surface area contributed by atoms with E-state index in [1.165, 1.54) is 11.8 Å². The molecule has 122 valence electrons. The predicted molar refractivity (Wildman–Crippen MR) is 96.8 cm³/mol. The number of rotatable bonds is 6. The van der Waals surface area contributed by atoms with Crippen LogP contribution in [0.3, 0.4) is 0 Å². The maximum Gasteiger partial charge on any atom is 0.266 e. The fraction of sp³-hybridized carbons (Fsp3) is 0.412. The van der Waals surface area contributed by atoms with Gasteiger partial charge >= 0.3 is 0 Å². The van der Waals surface area contributed by atoms with Gasteiger partial charge in [-0.15, -0.1) is 0 Å². The topological polar surface area (TPSA) is 38.8 Å². The first-order valence-corrected chi connectivity index (χ1v) is 8.94. The average Bonchev–Trinajstić information content (AvgIpc) is 3.33. The summed E-state index contributed by atoms with van der Waals surface area (Å²) in [6, 6.07) is 6.00. The molecular weight excluding hydrogens is 330 g/mol. The summed E-state index contributed by atoms with van der Waals surface area (Å²) in [6.45, 7) is 2.71. The molecule has 2 fully saturated rings. The van der Waals surface area contributed by atoms with Crippen LogP contribution >= 0.6 is 24.0 Å². The Morgan fingerprint density at radius 3 is 2.83 bits per heavy atom. The summed E-state index contributed by atoms with van der Waals surface area (Å²) in [5.74, 6) is 1.41. The van der Waals surface area contributed by atoms with Crippen LogP contribution in [-0.2, 0) is 4.79 Å². The van der Waals surface area contributed by atoms with Gasteiger partial charge in [0, 0.05) is 6.04 Å². The summed E-state index contributed by atoms with van der Waals surface area (Å²) in [4.78, 5) is 14.9. The highest BCUT2D eigenvalue weighted by Crippen LogP contribution is 2.40. The number of amides is 1. The lowest BCUT2D eigenvalue weighted by molar-refractivity contribution is -0.122. The van der Waals surface area contributed by atoms with Crippen LogP contribution in [0.5, 0.6) is 11.5 Å². The summed E-state index contributed by atoms with van der Waals surface area (Å²) >= 11 is 6.70. The van der Waals surface area contributed by atoms with Gasteiger partial charge < -0.3 is 9.47 Å². The van der Waals surface area contributed by atoms with E-state index in [2.05, 4.69) is 6.92 Å². The van der Waals surface area contributed by atoms with Crippen molar-refractivity contribution in [2.24, 2.45) is 0 Å². The third-order valence-electron chi connectivity index (χ3n) is 3.68. The highest BCUT2D eigenvalue weighted by atomic mass is 32.2. The minimum absolute atomic E-state index is 0.0211. The largest absolute Gasteiger partial charge is 0.493 e. The van der Waals surface area contributed by atoms with Crippen molar-refractivity contribution in [3.05, 3.63) is 28.7 Å². The molecule has 4 nitrogen and oxygen atoms in total. The van der Waals surface area contributed by atoms with E-state index in [1.54, 1.807) is 12.0 Å². The van der Waals surface area contributed by atoms with Crippen molar-refractivity contribution >= 4 is 40.3 Å². The van der Waals surface area contributed by atoms with Gasteiger partial charge in [0.25, 0.3) is 5.91 Å². The molecule has 1 aromatic rings. The van der Waals surface area contributed by atoms with Gasteiger partial charge in [-0.3, -0.25) is 9.69 Å². The van der Waals surface area contributed by atoms with E-state index in [4.69, 9.17) is 21.7 Å². The molecular formula is C17H19NO3S2. The van der Waals surface area contributed by atoms with Crippen LogP contribution in [0.25, 0.3) is 6.08 Å². The molecule has 6 heteroatoms. The first-order valence-electron chi connectivity index (χ1n) is 7.72. The van der Waals surface area contributed by atoms with Crippen LogP contribution in [0.1, 0.15) is 31.7 Å². The zero-order valence-corrected chi connectivity index (χ0v) is 14.8. The number of hydrogen-bond donors (Lipinski definition) is 0. The fourth-order valence-electron chi connectivity index (χ4n) is 2.38. The van der Waals surface area contributed by atoms with E-state index in [0.717, 1.165) is 30.6 Å². The van der Waals surface area contributed by atoms with Crippen LogP contribution in [0.4, 0.5) is 0 Å². The molecule has 0 atom stereocenters. The maximum atomic E-state index is 12.5. The Kier molecular flexibility index (Phi) is 4.92. The van der Waals surface area contributed by atoms with Gasteiger partial charge in [-0.2, -0.15) is 0 Å². The van der Waals surface area contributed by atoms with E-state index in [0.29, 0.717) is 27.6 Å². The summed E-state index contributed by atoms with van der Waals surface area (Å²) in [5.41, 5.74) is 0.905. The SMILES string of the molecule is CCCOc1ccc(C=C2SC(=S)N(C3CC3)C2=O)cc1OC. The summed E-state index contributed by atoms with van der Waals surface area (Å²) < 4.78 is 11.7. The Morgan fingerprint density at radius 2 is 2.17 bits per heavy atom. The number of benzene rings is 1. The number of methoxy groups -OCH3 is 1. The molecule has 0 bridgehead atoms. The Bertz CT molecular complexity index is 668. The molecule has 0 unspecified atom stereocenters. The van der Waals surface area contributed by atoms with E-state index in [9.17, 15) is 4.79 Å². The molecule has 1 saturated heterocycles. The lowest BCUT2D eigenvalue weighted by Crippen LogP contribution is -2.30. The van der Waals surface area contributed by atoms with Crippen molar-refractivity contribution in [3.63, 3.8) is 0 Å². The normalized spacial score (nSPS) is 19.6. The fourth-order valence-corrected chi connectivity index (χ4v) is 3.78. The Hall–Kier alpha value is -1.53. The molecule has 1 saturated carbocycles. The molecule has 1 amide bonds. The summed E-state index contributed by atoms with van der Waals surface area (Å²) in [6.07, 6.45) is 4.91. The number of hydrogen-bond acceptors (Lipinski definition) is 5. The summed E-state index contributed by atoms with van der Waals surface area (Å²) in [7, 11) is 1.62. The third kappa shape index (κ3) is 3.53. The zero-order valence-electron chi connectivity index (χ0n) is 13.2. The second-order valence-corrected chi connectivity index (χ2v) is 7.22. The van der Waals surface area contributed by atoms with Gasteiger partial charge in [0.15, 0.2) is 11.5 Å². The number of carbonyl (C=O) groups is 1. The smallest absolute Gasteiger partial charge is 0.266 e. The second kappa shape index (κ2) is 6.93. The highest BCUT2D eigenvalue weighted by Gasteiger charge is 2.41. The number of ether oxygens (including phenoxy) is 2. The Balaban J connectivity index is 1.82. The van der Waals surface area contributed by atoms with E-state index in [-0.39, 0.29) is 5.91 Å². The molecule has 1 aromatic carbocycles. The minimum atomic E-state index is 0.0211. The molecule has 2 aliphatic rings. The highest BCUT2D eigenvalue weighted by molar-refractivity contribution is 8.26. The van der Waals surface area contributed by atoms with Crippen molar-refractivity contribution in [1.82, 2.24) is 4.90 Å². The number of thiocarbonyl (C=S) groups is 1. The molecule has 0 aromatic heterocycles. The number of thioether (sulfide) groups is 1. The van der Waals surface area contributed by atoms with Gasteiger partial charge in [-0.25, -0.2) is 0 Å². The van der Waals surface area contributed by atoms with Crippen LogP contribution in [0, 0.1) is 0 Å². The molecule has 0 radical (unpaired) electrons. The second-order valence-electron chi connectivity index (χ2n) is 5.54. The molecule has 1 heterocycles. The minimum Gasteiger partial charge on any atom is -0.493 e. The van der Waals surface area contributed by atoms with Crippen molar-refractivity contribution in [2.75, 3.05) is 13.7 Å². The van der Waals surface area contributed by atoms with Crippen molar-refractivity contribution in [1.29, 1.82) is 0 Å². The quantitative estimate of drug-likeness (QED) is 0.576. The first kappa shape index (κ1) is 16.3. The maximum absolute atomic E-state index is 12.5. The molecule has 0 N–H and O–H groups in total. The standard InChI is InChI=1S/C17H19NO3S2/c1-3-8-21-13-7-4-11(9-14(13)20-2)10-15-16(19)18(12-5-6-12)17(22)23-15/h4,7,9-10,12H,3,5-6,8H2,1-2H3. The predicted octanol–water partition coefficient (Wildman–Crippen LogP) is 3.85. The Morgan fingerprint density at radius 1 is 1.39 bits per heavy atom.